The van der Waals surface area contributed by atoms with Crippen molar-refractivity contribution >= 4 is 0 Å². The first-order valence-corrected chi connectivity index (χ1v) is 7.28. The molecule has 2 rings (SSSR count). The van der Waals surface area contributed by atoms with Gasteiger partial charge in [0, 0.05) is 6.54 Å². The minimum Gasteiger partial charge on any atom is -0.497 e. The zero-order chi connectivity index (χ0) is 15.6. The van der Waals surface area contributed by atoms with Gasteiger partial charge in [-0.25, -0.2) is 0 Å². The van der Waals surface area contributed by atoms with Gasteiger partial charge in [-0.1, -0.05) is 12.1 Å². The number of nitrogens with one attached hydrogen (secondary N) is 1. The largest absolute Gasteiger partial charge is 0.497 e. The minimum absolute atomic E-state index is 0.673. The van der Waals surface area contributed by atoms with Crippen LogP contribution in [0.15, 0.2) is 48.5 Å². The summed E-state index contributed by atoms with van der Waals surface area (Å²) in [5.41, 5.74) is 1.87. The van der Waals surface area contributed by atoms with Crippen LogP contribution in [-0.2, 0) is 6.54 Å². The summed E-state index contributed by atoms with van der Waals surface area (Å²) < 4.78 is 10.8. The van der Waals surface area contributed by atoms with E-state index >= 15 is 0 Å². The summed E-state index contributed by atoms with van der Waals surface area (Å²) in [7, 11) is 1.65. The molecule has 0 aromatic heterocycles. The van der Waals surface area contributed by atoms with Crippen molar-refractivity contribution in [1.82, 2.24) is 5.32 Å². The van der Waals surface area contributed by atoms with Crippen molar-refractivity contribution in [1.29, 1.82) is 5.26 Å². The zero-order valence-electron chi connectivity index (χ0n) is 12.7. The summed E-state index contributed by atoms with van der Waals surface area (Å²) in [6.45, 7) is 2.36. The number of nitrogens with zero attached hydrogens (tertiary/aromatic N) is 1. The van der Waals surface area contributed by atoms with Gasteiger partial charge in [0.2, 0.25) is 0 Å². The lowest BCUT2D eigenvalue weighted by atomic mass is 10.1. The van der Waals surface area contributed by atoms with Crippen LogP contribution < -0.4 is 14.8 Å². The van der Waals surface area contributed by atoms with E-state index in [9.17, 15) is 0 Å². The van der Waals surface area contributed by atoms with Crippen LogP contribution >= 0.6 is 0 Å². The molecule has 0 radical (unpaired) electrons. The number of hydrogen-bond donors (Lipinski definition) is 1. The number of ether oxygens (including phenoxy) is 2. The molecule has 0 aliphatic carbocycles. The molecule has 2 aromatic rings. The summed E-state index contributed by atoms with van der Waals surface area (Å²) in [5.74, 6) is 1.68. The van der Waals surface area contributed by atoms with Crippen LogP contribution in [0.5, 0.6) is 11.5 Å². The van der Waals surface area contributed by atoms with E-state index in [4.69, 9.17) is 14.7 Å². The van der Waals surface area contributed by atoms with Crippen molar-refractivity contribution in [3.8, 4) is 17.6 Å². The molecule has 0 bridgehead atoms. The molecule has 0 aliphatic rings. The number of benzene rings is 2. The molecule has 2 aromatic carbocycles. The van der Waals surface area contributed by atoms with Gasteiger partial charge in [0.25, 0.3) is 0 Å². The zero-order valence-corrected chi connectivity index (χ0v) is 12.7. The molecule has 4 nitrogen and oxygen atoms in total. The Balaban J connectivity index is 1.59. The molecular weight excluding hydrogens is 276 g/mol. The van der Waals surface area contributed by atoms with Gasteiger partial charge in [0.1, 0.15) is 11.5 Å². The Hall–Kier alpha value is -2.51. The molecule has 1 N–H and O–H groups in total. The molecular formula is C18H20N2O2. The van der Waals surface area contributed by atoms with Gasteiger partial charge in [-0.3, -0.25) is 0 Å². The lowest BCUT2D eigenvalue weighted by Crippen LogP contribution is -2.17. The highest BCUT2D eigenvalue weighted by Crippen LogP contribution is 2.16. The third-order valence-corrected chi connectivity index (χ3v) is 3.24. The first kappa shape index (κ1) is 15.9. The van der Waals surface area contributed by atoms with Crippen molar-refractivity contribution in [2.24, 2.45) is 0 Å². The second-order valence-electron chi connectivity index (χ2n) is 4.86. The molecule has 0 unspecified atom stereocenters. The van der Waals surface area contributed by atoms with Crippen LogP contribution in [0.4, 0.5) is 0 Å². The van der Waals surface area contributed by atoms with Gasteiger partial charge in [0.05, 0.1) is 25.3 Å². The number of nitriles is 1. The highest BCUT2D eigenvalue weighted by atomic mass is 16.5. The first-order chi connectivity index (χ1) is 10.8. The van der Waals surface area contributed by atoms with Crippen LogP contribution in [0.3, 0.4) is 0 Å². The van der Waals surface area contributed by atoms with Crippen LogP contribution in [-0.4, -0.2) is 20.3 Å². The van der Waals surface area contributed by atoms with E-state index < -0.39 is 0 Å². The van der Waals surface area contributed by atoms with E-state index in [2.05, 4.69) is 11.4 Å². The van der Waals surface area contributed by atoms with Crippen molar-refractivity contribution < 1.29 is 9.47 Å². The third kappa shape index (κ3) is 5.12. The Kier molecular flexibility index (Phi) is 6.28. The SMILES string of the molecule is COc1ccc(OCCCNCc2ccc(C#N)cc2)cc1. The van der Waals surface area contributed by atoms with Crippen LogP contribution in [0, 0.1) is 11.3 Å². The average molecular weight is 296 g/mol. The van der Waals surface area contributed by atoms with Crippen molar-refractivity contribution in [2.45, 2.75) is 13.0 Å². The summed E-state index contributed by atoms with van der Waals surface area (Å²) >= 11 is 0. The first-order valence-electron chi connectivity index (χ1n) is 7.28. The standard InChI is InChI=1S/C18H20N2O2/c1-21-17-7-9-18(10-8-17)22-12-2-11-20-14-16-5-3-15(13-19)4-6-16/h3-10,20H,2,11-12,14H2,1H3. The molecule has 0 heterocycles. The number of hydrogen-bond acceptors (Lipinski definition) is 4. The van der Waals surface area contributed by atoms with Gasteiger partial charge >= 0.3 is 0 Å². The maximum absolute atomic E-state index is 8.74. The average Bonchev–Trinajstić information content (AvgIpc) is 2.59. The maximum atomic E-state index is 8.74. The van der Waals surface area contributed by atoms with Crippen LogP contribution in [0.1, 0.15) is 17.5 Å². The van der Waals surface area contributed by atoms with E-state index in [1.54, 1.807) is 7.11 Å². The highest BCUT2D eigenvalue weighted by molar-refractivity contribution is 5.32. The van der Waals surface area contributed by atoms with Crippen LogP contribution in [0.2, 0.25) is 0 Å². The van der Waals surface area contributed by atoms with Gasteiger partial charge in [-0.05, 0) is 54.9 Å². The Morgan fingerprint density at radius 1 is 1.00 bits per heavy atom. The summed E-state index contributed by atoms with van der Waals surface area (Å²) in [6.07, 6.45) is 0.933. The predicted octanol–water partition coefficient (Wildman–Crippen LogP) is 3.13. The molecule has 4 heteroatoms. The molecule has 0 saturated carbocycles. The summed E-state index contributed by atoms with van der Waals surface area (Å²) in [5, 5.41) is 12.1. The fraction of sp³-hybridized carbons (Fsp3) is 0.278. The van der Waals surface area contributed by atoms with Gasteiger partial charge in [0.15, 0.2) is 0 Å². The van der Waals surface area contributed by atoms with Crippen molar-refractivity contribution in [2.75, 3.05) is 20.3 Å². The van der Waals surface area contributed by atoms with E-state index in [0.717, 1.165) is 31.0 Å². The normalized spacial score (nSPS) is 10.0. The van der Waals surface area contributed by atoms with Crippen LogP contribution in [0.25, 0.3) is 0 Å². The molecule has 22 heavy (non-hydrogen) atoms. The fourth-order valence-electron chi connectivity index (χ4n) is 1.99. The number of methoxy groups -OCH3 is 1. The van der Waals surface area contributed by atoms with Gasteiger partial charge < -0.3 is 14.8 Å². The lowest BCUT2D eigenvalue weighted by molar-refractivity contribution is 0.307. The Labute approximate surface area is 131 Å². The Morgan fingerprint density at radius 2 is 1.68 bits per heavy atom. The van der Waals surface area contributed by atoms with E-state index in [1.165, 1.54) is 5.56 Å². The Bertz CT molecular complexity index is 600. The second kappa shape index (κ2) is 8.71. The molecule has 0 aliphatic heterocycles. The topological polar surface area (TPSA) is 54.3 Å². The molecule has 0 spiro atoms. The highest BCUT2D eigenvalue weighted by Gasteiger charge is 1.96. The summed E-state index contributed by atoms with van der Waals surface area (Å²) in [6, 6.07) is 17.3. The molecule has 0 saturated heterocycles. The van der Waals surface area contributed by atoms with Gasteiger partial charge in [-0.15, -0.1) is 0 Å². The fourth-order valence-corrected chi connectivity index (χ4v) is 1.99. The lowest BCUT2D eigenvalue weighted by Gasteiger charge is -2.08. The smallest absolute Gasteiger partial charge is 0.119 e. The quantitative estimate of drug-likeness (QED) is 0.760. The maximum Gasteiger partial charge on any atom is 0.119 e. The van der Waals surface area contributed by atoms with Gasteiger partial charge in [-0.2, -0.15) is 5.26 Å². The van der Waals surface area contributed by atoms with E-state index in [1.807, 2.05) is 48.5 Å². The van der Waals surface area contributed by atoms with E-state index in [-0.39, 0.29) is 0 Å². The monoisotopic (exact) mass is 296 g/mol. The minimum atomic E-state index is 0.673. The Morgan fingerprint density at radius 3 is 2.32 bits per heavy atom. The van der Waals surface area contributed by atoms with E-state index in [0.29, 0.717) is 12.2 Å². The molecule has 0 atom stereocenters. The molecule has 0 fully saturated rings. The number of rotatable bonds is 8. The summed E-state index contributed by atoms with van der Waals surface area (Å²) in [4.78, 5) is 0. The molecule has 114 valence electrons. The van der Waals surface area contributed by atoms with Crippen molar-refractivity contribution in [3.05, 3.63) is 59.7 Å². The second-order valence-corrected chi connectivity index (χ2v) is 4.86. The predicted molar refractivity (Wildman–Crippen MR) is 86.0 cm³/mol. The van der Waals surface area contributed by atoms with Crippen molar-refractivity contribution in [3.63, 3.8) is 0 Å². The third-order valence-electron chi connectivity index (χ3n) is 3.24. The molecule has 0 amide bonds.